The SMILES string of the molecule is CC1CN2CCCC2CN1CCC(N)CC(C)(C)C. The van der Waals surface area contributed by atoms with Gasteiger partial charge in [0.1, 0.15) is 0 Å². The van der Waals surface area contributed by atoms with Crippen LogP contribution in [0.5, 0.6) is 0 Å². The second-order valence-electron chi connectivity index (χ2n) is 7.95. The van der Waals surface area contributed by atoms with Gasteiger partial charge in [0.2, 0.25) is 0 Å². The van der Waals surface area contributed by atoms with Gasteiger partial charge in [-0.1, -0.05) is 20.8 Å². The topological polar surface area (TPSA) is 32.5 Å². The van der Waals surface area contributed by atoms with Gasteiger partial charge in [-0.25, -0.2) is 0 Å². The Kier molecular flexibility index (Phi) is 4.91. The number of piperazine rings is 1. The molecule has 0 radical (unpaired) electrons. The fraction of sp³-hybridized carbons (Fsp3) is 1.00. The van der Waals surface area contributed by atoms with Gasteiger partial charge in [-0.2, -0.15) is 0 Å². The van der Waals surface area contributed by atoms with Crippen LogP contribution in [-0.4, -0.2) is 54.1 Å². The molecular weight excluding hydrogens is 234 g/mol. The van der Waals surface area contributed by atoms with Crippen LogP contribution in [-0.2, 0) is 0 Å². The molecule has 2 fully saturated rings. The number of hydrogen-bond acceptors (Lipinski definition) is 3. The lowest BCUT2D eigenvalue weighted by Gasteiger charge is -2.42. The number of fused-ring (bicyclic) bond motifs is 1. The summed E-state index contributed by atoms with van der Waals surface area (Å²) in [5, 5.41) is 0. The van der Waals surface area contributed by atoms with Crippen molar-refractivity contribution in [1.82, 2.24) is 9.80 Å². The van der Waals surface area contributed by atoms with E-state index in [1.165, 1.54) is 39.0 Å². The summed E-state index contributed by atoms with van der Waals surface area (Å²) in [4.78, 5) is 5.37. The molecule has 0 aromatic carbocycles. The molecule has 0 spiro atoms. The van der Waals surface area contributed by atoms with Gasteiger partial charge in [0.05, 0.1) is 0 Å². The quantitative estimate of drug-likeness (QED) is 0.848. The molecule has 19 heavy (non-hydrogen) atoms. The van der Waals surface area contributed by atoms with Gasteiger partial charge >= 0.3 is 0 Å². The van der Waals surface area contributed by atoms with E-state index in [1.54, 1.807) is 0 Å². The molecule has 0 amide bonds. The summed E-state index contributed by atoms with van der Waals surface area (Å²) in [7, 11) is 0. The first kappa shape index (κ1) is 15.3. The molecule has 112 valence electrons. The Morgan fingerprint density at radius 3 is 2.68 bits per heavy atom. The van der Waals surface area contributed by atoms with E-state index in [4.69, 9.17) is 5.73 Å². The van der Waals surface area contributed by atoms with Crippen LogP contribution in [0.15, 0.2) is 0 Å². The van der Waals surface area contributed by atoms with Gasteiger partial charge in [0.25, 0.3) is 0 Å². The molecular formula is C16H33N3. The zero-order chi connectivity index (χ0) is 14.0. The monoisotopic (exact) mass is 267 g/mol. The van der Waals surface area contributed by atoms with E-state index < -0.39 is 0 Å². The standard InChI is InChI=1S/C16H33N3/c1-13-11-19-8-5-6-15(19)12-18(13)9-7-14(17)10-16(2,3)4/h13-15H,5-12,17H2,1-4H3. The van der Waals surface area contributed by atoms with Crippen LogP contribution in [0.4, 0.5) is 0 Å². The largest absolute Gasteiger partial charge is 0.328 e. The summed E-state index contributed by atoms with van der Waals surface area (Å²) in [6.07, 6.45) is 5.07. The molecule has 3 heteroatoms. The lowest BCUT2D eigenvalue weighted by molar-refractivity contribution is 0.0566. The normalized spacial score (nSPS) is 31.4. The second-order valence-corrected chi connectivity index (χ2v) is 7.95. The summed E-state index contributed by atoms with van der Waals surface area (Å²) >= 11 is 0. The first-order valence-electron chi connectivity index (χ1n) is 8.09. The van der Waals surface area contributed by atoms with E-state index >= 15 is 0 Å². The highest BCUT2D eigenvalue weighted by Crippen LogP contribution is 2.25. The van der Waals surface area contributed by atoms with Crippen molar-refractivity contribution in [2.75, 3.05) is 26.2 Å². The predicted molar refractivity (Wildman–Crippen MR) is 82.3 cm³/mol. The molecule has 2 aliphatic heterocycles. The Bertz CT molecular complexity index is 284. The van der Waals surface area contributed by atoms with Gasteiger partial charge in [0.15, 0.2) is 0 Å². The molecule has 2 saturated heterocycles. The molecule has 0 aliphatic carbocycles. The van der Waals surface area contributed by atoms with Crippen molar-refractivity contribution in [1.29, 1.82) is 0 Å². The van der Waals surface area contributed by atoms with Gasteiger partial charge in [-0.15, -0.1) is 0 Å². The predicted octanol–water partition coefficient (Wildman–Crippen LogP) is 2.31. The smallest absolute Gasteiger partial charge is 0.0224 e. The highest BCUT2D eigenvalue weighted by atomic mass is 15.3. The number of hydrogen-bond donors (Lipinski definition) is 1. The minimum Gasteiger partial charge on any atom is -0.328 e. The van der Waals surface area contributed by atoms with Crippen molar-refractivity contribution >= 4 is 0 Å². The highest BCUT2D eigenvalue weighted by molar-refractivity contribution is 4.90. The average molecular weight is 267 g/mol. The average Bonchev–Trinajstić information content (AvgIpc) is 2.70. The molecule has 2 rings (SSSR count). The highest BCUT2D eigenvalue weighted by Gasteiger charge is 2.34. The van der Waals surface area contributed by atoms with E-state index in [0.717, 1.165) is 18.9 Å². The fourth-order valence-corrected chi connectivity index (χ4v) is 3.78. The Labute approximate surface area is 119 Å². The van der Waals surface area contributed by atoms with Crippen molar-refractivity contribution in [3.8, 4) is 0 Å². The number of rotatable bonds is 4. The maximum Gasteiger partial charge on any atom is 0.0224 e. The van der Waals surface area contributed by atoms with Crippen LogP contribution >= 0.6 is 0 Å². The van der Waals surface area contributed by atoms with Crippen LogP contribution in [0, 0.1) is 5.41 Å². The Morgan fingerprint density at radius 1 is 1.26 bits per heavy atom. The molecule has 0 bridgehead atoms. The molecule has 3 nitrogen and oxygen atoms in total. The molecule has 2 N–H and O–H groups in total. The maximum atomic E-state index is 6.29. The van der Waals surface area contributed by atoms with E-state index in [2.05, 4.69) is 37.5 Å². The summed E-state index contributed by atoms with van der Waals surface area (Å²) in [5.74, 6) is 0. The molecule has 0 saturated carbocycles. The Balaban J connectivity index is 1.76. The van der Waals surface area contributed by atoms with Crippen LogP contribution < -0.4 is 5.73 Å². The van der Waals surface area contributed by atoms with Crippen LogP contribution in [0.3, 0.4) is 0 Å². The summed E-state index contributed by atoms with van der Waals surface area (Å²) in [5.41, 5.74) is 6.65. The summed E-state index contributed by atoms with van der Waals surface area (Å²) < 4.78 is 0. The van der Waals surface area contributed by atoms with Crippen molar-refractivity contribution < 1.29 is 0 Å². The van der Waals surface area contributed by atoms with Gasteiger partial charge in [-0.05, 0) is 44.6 Å². The van der Waals surface area contributed by atoms with E-state index in [-0.39, 0.29) is 0 Å². The summed E-state index contributed by atoms with van der Waals surface area (Å²) in [6, 6.07) is 1.89. The van der Waals surface area contributed by atoms with E-state index in [0.29, 0.717) is 17.5 Å². The molecule has 2 aliphatic rings. The zero-order valence-corrected chi connectivity index (χ0v) is 13.4. The van der Waals surface area contributed by atoms with Gasteiger partial charge in [0, 0.05) is 37.8 Å². The molecule has 3 unspecified atom stereocenters. The molecule has 0 aromatic heterocycles. The van der Waals surface area contributed by atoms with Crippen LogP contribution in [0.1, 0.15) is 53.4 Å². The third-order valence-corrected chi connectivity index (χ3v) is 4.73. The summed E-state index contributed by atoms with van der Waals surface area (Å²) in [6.45, 7) is 14.3. The molecule has 2 heterocycles. The molecule has 3 atom stereocenters. The third kappa shape index (κ3) is 4.44. The Morgan fingerprint density at radius 2 is 2.00 bits per heavy atom. The first-order chi connectivity index (χ1) is 8.85. The van der Waals surface area contributed by atoms with Crippen molar-refractivity contribution in [2.24, 2.45) is 11.1 Å². The lowest BCUT2D eigenvalue weighted by Crippen LogP contribution is -2.55. The first-order valence-corrected chi connectivity index (χ1v) is 8.09. The minimum absolute atomic E-state index is 0.355. The van der Waals surface area contributed by atoms with Gasteiger partial charge < -0.3 is 5.73 Å². The zero-order valence-electron chi connectivity index (χ0n) is 13.4. The minimum atomic E-state index is 0.355. The van der Waals surface area contributed by atoms with Crippen LogP contribution in [0.25, 0.3) is 0 Å². The van der Waals surface area contributed by atoms with Crippen molar-refractivity contribution in [3.63, 3.8) is 0 Å². The fourth-order valence-electron chi connectivity index (χ4n) is 3.78. The lowest BCUT2D eigenvalue weighted by atomic mass is 9.87. The van der Waals surface area contributed by atoms with E-state index in [1.807, 2.05) is 0 Å². The maximum absolute atomic E-state index is 6.29. The van der Waals surface area contributed by atoms with E-state index in [9.17, 15) is 0 Å². The molecule has 0 aromatic rings. The second kappa shape index (κ2) is 6.11. The van der Waals surface area contributed by atoms with Gasteiger partial charge in [-0.3, -0.25) is 9.80 Å². The third-order valence-electron chi connectivity index (χ3n) is 4.73. The number of nitrogens with zero attached hydrogens (tertiary/aromatic N) is 2. The van der Waals surface area contributed by atoms with Crippen LogP contribution in [0.2, 0.25) is 0 Å². The Hall–Kier alpha value is -0.120. The van der Waals surface area contributed by atoms with Crippen molar-refractivity contribution in [2.45, 2.75) is 71.5 Å². The van der Waals surface area contributed by atoms with Crippen molar-refractivity contribution in [3.05, 3.63) is 0 Å². The number of nitrogens with two attached hydrogens (primary N) is 1.